The second kappa shape index (κ2) is 9.38. The van der Waals surface area contributed by atoms with Gasteiger partial charge in [0.25, 0.3) is 5.91 Å². The Morgan fingerprint density at radius 3 is 2.39 bits per heavy atom. The molecule has 1 aromatic carbocycles. The predicted octanol–water partition coefficient (Wildman–Crippen LogP) is 0.987. The van der Waals surface area contributed by atoms with Crippen molar-refractivity contribution in [1.82, 2.24) is 5.32 Å². The monoisotopic (exact) mass is 507 g/mol. The minimum atomic E-state index is -0.0821. The molecule has 1 aromatic heterocycles. The molecule has 1 heterocycles. The number of nitrogens with one attached hydrogen (secondary N) is 1. The highest BCUT2D eigenvalue weighted by Crippen LogP contribution is 2.59. The van der Waals surface area contributed by atoms with Gasteiger partial charge in [0.1, 0.15) is 5.56 Å². The molecule has 4 bridgehead atoms. The van der Waals surface area contributed by atoms with Crippen LogP contribution in [-0.4, -0.2) is 18.2 Å². The molecule has 1 amide bonds. The topological polar surface area (TPSA) is 73.8 Å². The van der Waals surface area contributed by atoms with E-state index >= 15 is 0 Å². The molecule has 0 radical (unpaired) electrons. The number of hydrogen-bond donors (Lipinski definition) is 1. The van der Waals surface area contributed by atoms with Gasteiger partial charge in [-0.15, -0.1) is 0 Å². The fourth-order valence-electron chi connectivity index (χ4n) is 6.92. The number of hydrogen-bond acceptors (Lipinski definition) is 3. The normalized spacial score (nSPS) is 26.8. The van der Waals surface area contributed by atoms with Gasteiger partial charge < -0.3 is 22.3 Å². The van der Waals surface area contributed by atoms with Crippen LogP contribution in [0.2, 0.25) is 0 Å². The first-order chi connectivity index (χ1) is 15.4. The maximum Gasteiger partial charge on any atom is 0.257 e. The number of carbonyl (C=O) groups excluding carboxylic acids is 2. The molecule has 6 rings (SSSR count). The van der Waals surface area contributed by atoms with Gasteiger partial charge in [-0.05, 0) is 79.9 Å². The Hall–Kier alpha value is -2.52. The number of ketones is 1. The lowest BCUT2D eigenvalue weighted by Crippen LogP contribution is -3.00. The van der Waals surface area contributed by atoms with E-state index in [2.05, 4.69) is 11.4 Å². The number of amides is 1. The van der Waals surface area contributed by atoms with Crippen LogP contribution in [0.15, 0.2) is 42.6 Å². The molecule has 1 N–H and O–H groups in total. The molecule has 4 aliphatic rings. The first-order valence-electron chi connectivity index (χ1n) is 11.8. The molecule has 4 fully saturated rings. The average molecular weight is 508 g/mol. The number of benzene rings is 1. The molecule has 0 aliphatic heterocycles. The second-order valence-electron chi connectivity index (χ2n) is 10.4. The molecular weight excluding hydrogens is 478 g/mol. The van der Waals surface area contributed by atoms with E-state index in [9.17, 15) is 9.59 Å². The van der Waals surface area contributed by atoms with E-state index in [-0.39, 0.29) is 35.2 Å². The third-order valence-corrected chi connectivity index (χ3v) is 8.01. The molecule has 2 aromatic rings. The van der Waals surface area contributed by atoms with Crippen LogP contribution in [0, 0.1) is 41.4 Å². The zero-order chi connectivity index (χ0) is 22.3. The quantitative estimate of drug-likeness (QED) is 0.467. The van der Waals surface area contributed by atoms with Crippen LogP contribution in [0.25, 0.3) is 0 Å². The summed E-state index contributed by atoms with van der Waals surface area (Å²) in [5.41, 5.74) is 2.67. The van der Waals surface area contributed by atoms with E-state index in [1.165, 1.54) is 38.5 Å². The van der Waals surface area contributed by atoms with Crippen molar-refractivity contribution in [3.8, 4) is 6.07 Å². The fraction of sp³-hybridized carbons (Fsp3) is 0.481. The first-order valence-corrected chi connectivity index (χ1v) is 11.8. The Morgan fingerprint density at radius 1 is 1.09 bits per heavy atom. The van der Waals surface area contributed by atoms with Crippen LogP contribution in [0.1, 0.15) is 70.5 Å². The Bertz CT molecular complexity index is 1090. The molecule has 0 atom stereocenters. The van der Waals surface area contributed by atoms with Gasteiger partial charge in [0, 0.05) is 25.1 Å². The predicted molar refractivity (Wildman–Crippen MR) is 120 cm³/mol. The molecular formula is C27H30BrN3O2. The number of aromatic nitrogens is 1. The Balaban J connectivity index is 0.00000259. The number of Topliss-reactive ketones (excluding diaryl/α,β-unsaturated/α-hetero) is 1. The minimum absolute atomic E-state index is 0. The van der Waals surface area contributed by atoms with E-state index in [1.54, 1.807) is 24.3 Å². The summed E-state index contributed by atoms with van der Waals surface area (Å²) in [6.07, 6.45) is 9.83. The lowest BCUT2D eigenvalue weighted by Gasteiger charge is -2.56. The highest BCUT2D eigenvalue weighted by molar-refractivity contribution is 5.96. The number of carbonyl (C=O) groups is 2. The van der Waals surface area contributed by atoms with E-state index in [0.29, 0.717) is 22.1 Å². The van der Waals surface area contributed by atoms with E-state index in [0.717, 1.165) is 30.0 Å². The summed E-state index contributed by atoms with van der Waals surface area (Å²) in [5.74, 6) is 2.46. The van der Waals surface area contributed by atoms with Crippen molar-refractivity contribution in [3.05, 3.63) is 65.0 Å². The highest BCUT2D eigenvalue weighted by atomic mass is 79.9. The summed E-state index contributed by atoms with van der Waals surface area (Å²) in [4.78, 5) is 25.9. The van der Waals surface area contributed by atoms with E-state index in [4.69, 9.17) is 5.26 Å². The maximum atomic E-state index is 13.1. The lowest BCUT2D eigenvalue weighted by atomic mass is 9.49. The third-order valence-electron chi connectivity index (χ3n) is 8.01. The van der Waals surface area contributed by atoms with Crippen molar-refractivity contribution in [2.45, 2.75) is 52.0 Å². The molecule has 0 spiro atoms. The van der Waals surface area contributed by atoms with Crippen molar-refractivity contribution in [3.63, 3.8) is 0 Å². The average Bonchev–Trinajstić information content (AvgIpc) is 2.78. The van der Waals surface area contributed by atoms with Gasteiger partial charge in [0.05, 0.1) is 11.6 Å². The summed E-state index contributed by atoms with van der Waals surface area (Å²) in [6, 6.07) is 12.5. The molecule has 4 aliphatic carbocycles. The number of nitriles is 1. The minimum Gasteiger partial charge on any atom is -1.00 e. The van der Waals surface area contributed by atoms with Gasteiger partial charge in [0.15, 0.2) is 11.9 Å². The van der Waals surface area contributed by atoms with Gasteiger partial charge in [-0.2, -0.15) is 9.83 Å². The molecule has 5 nitrogen and oxygen atoms in total. The fourth-order valence-corrected chi connectivity index (χ4v) is 6.92. The van der Waals surface area contributed by atoms with E-state index < -0.39 is 0 Å². The Labute approximate surface area is 206 Å². The van der Waals surface area contributed by atoms with Crippen LogP contribution in [0.3, 0.4) is 0 Å². The van der Waals surface area contributed by atoms with Crippen molar-refractivity contribution >= 4 is 11.7 Å². The number of pyridine rings is 1. The number of halogens is 1. The second-order valence-corrected chi connectivity index (χ2v) is 10.4. The molecule has 6 heteroatoms. The molecule has 172 valence electrons. The van der Waals surface area contributed by atoms with Crippen LogP contribution in [0.4, 0.5) is 0 Å². The van der Waals surface area contributed by atoms with Crippen molar-refractivity contribution in [2.75, 3.05) is 6.54 Å². The summed E-state index contributed by atoms with van der Waals surface area (Å²) < 4.78 is 1.82. The smallest absolute Gasteiger partial charge is 0.257 e. The van der Waals surface area contributed by atoms with Crippen molar-refractivity contribution < 1.29 is 31.1 Å². The zero-order valence-corrected chi connectivity index (χ0v) is 20.6. The van der Waals surface area contributed by atoms with Gasteiger partial charge in [-0.1, -0.05) is 12.1 Å². The van der Waals surface area contributed by atoms with Crippen molar-refractivity contribution in [2.24, 2.45) is 23.2 Å². The summed E-state index contributed by atoms with van der Waals surface area (Å²) in [7, 11) is 0. The summed E-state index contributed by atoms with van der Waals surface area (Å²) in [5, 5.41) is 12.3. The van der Waals surface area contributed by atoms with Gasteiger partial charge in [0.2, 0.25) is 12.3 Å². The lowest BCUT2D eigenvalue weighted by molar-refractivity contribution is -0.689. The molecule has 4 saturated carbocycles. The van der Waals surface area contributed by atoms with Crippen LogP contribution < -0.4 is 26.9 Å². The number of rotatable bonds is 6. The maximum absolute atomic E-state index is 13.1. The van der Waals surface area contributed by atoms with Gasteiger partial charge in [-0.3, -0.25) is 9.59 Å². The Kier molecular flexibility index (Phi) is 6.72. The van der Waals surface area contributed by atoms with Gasteiger partial charge >= 0.3 is 0 Å². The van der Waals surface area contributed by atoms with Crippen LogP contribution in [0.5, 0.6) is 0 Å². The summed E-state index contributed by atoms with van der Waals surface area (Å²) in [6.45, 7) is 2.79. The SMILES string of the molecule is Cc1c(C(=O)NCC23CC4CC(CC(C4)C2)C3)ccc[n+]1CC(=O)c1cccc(C#N)c1.[Br-]. The van der Waals surface area contributed by atoms with E-state index in [1.807, 2.05) is 29.8 Å². The Morgan fingerprint density at radius 2 is 1.76 bits per heavy atom. The van der Waals surface area contributed by atoms with Crippen LogP contribution >= 0.6 is 0 Å². The molecule has 0 unspecified atom stereocenters. The van der Waals surface area contributed by atoms with Crippen molar-refractivity contribution in [1.29, 1.82) is 5.26 Å². The standard InChI is InChI=1S/C27H29N3O2.BrH/c1-18-24(6-3-7-30(18)16-25(31)23-5-2-4-19(11-23)15-28)26(32)29-17-27-12-20-8-21(13-27)10-22(9-20)14-27;/h2-7,11,20-22H,8-10,12-14,16-17H2,1H3;1H. The highest BCUT2D eigenvalue weighted by Gasteiger charge is 2.50. The molecule has 33 heavy (non-hydrogen) atoms. The van der Waals surface area contributed by atoms with Gasteiger partial charge in [-0.25, -0.2) is 0 Å². The third kappa shape index (κ3) is 4.75. The van der Waals surface area contributed by atoms with Crippen LogP contribution in [-0.2, 0) is 6.54 Å². The first kappa shape index (κ1) is 23.6. The number of nitrogens with zero attached hydrogens (tertiary/aromatic N) is 2. The molecule has 0 saturated heterocycles. The summed E-state index contributed by atoms with van der Waals surface area (Å²) >= 11 is 0. The zero-order valence-electron chi connectivity index (χ0n) is 19.0. The largest absolute Gasteiger partial charge is 1.00 e.